The second-order valence-electron chi connectivity index (χ2n) is 0.632. The fraction of sp³-hybridized carbons (Fsp3) is 1.00. The highest BCUT2D eigenvalue weighted by atomic mass is 36.0. The summed E-state index contributed by atoms with van der Waals surface area (Å²) in [6, 6.07) is 0. The van der Waals surface area contributed by atoms with Crippen molar-refractivity contribution in [2.45, 2.75) is 0 Å². The Balaban J connectivity index is -0.0000000965. The molecule has 3 N–H and O–H groups in total. The number of hydrogen-bond acceptors (Lipinski definition) is 4. The van der Waals surface area contributed by atoms with Crippen LogP contribution in [0.15, 0.2) is 0 Å². The minimum Gasteiger partial charge on any atom is -0.400 e. The Kier molecular flexibility index (Phi) is 16.9. The van der Waals surface area contributed by atoms with Gasteiger partial charge in [0.1, 0.15) is 0 Å². The molecule has 6 nitrogen and oxygen atoms in total. The summed E-state index contributed by atoms with van der Waals surface area (Å²) in [7, 11) is 3.69. The molecule has 0 heterocycles. The summed E-state index contributed by atoms with van der Waals surface area (Å²) in [6.45, 7) is 0. The lowest BCUT2D eigenvalue weighted by Gasteiger charge is -1.68. The fourth-order valence-corrected chi connectivity index (χ4v) is 0. The molecule has 0 spiro atoms. The van der Waals surface area contributed by atoms with Gasteiger partial charge in [-0.05, 0) is 0 Å². The molecule has 0 fully saturated rings. The Bertz CT molecular complexity index is 161. The van der Waals surface area contributed by atoms with E-state index in [2.05, 4.69) is 21.4 Å². The molecule has 72 valence electrons. The van der Waals surface area contributed by atoms with Gasteiger partial charge in [0.25, 0.3) is 0 Å². The van der Waals surface area contributed by atoms with E-state index in [1.165, 1.54) is 0 Å². The van der Waals surface area contributed by atoms with Gasteiger partial charge in [0, 0.05) is 28.5 Å². The molecule has 0 aromatic rings. The van der Waals surface area contributed by atoms with Gasteiger partial charge in [-0.15, -0.1) is 0 Å². The summed E-state index contributed by atoms with van der Waals surface area (Å²) in [6.07, 6.45) is 0. The molecule has 0 aromatic heterocycles. The second-order valence-corrected chi connectivity index (χ2v) is 4.05. The van der Waals surface area contributed by atoms with Crippen molar-refractivity contribution in [2.24, 2.45) is 0 Å². The van der Waals surface area contributed by atoms with Crippen molar-refractivity contribution >= 4 is 41.0 Å². The SMILES string of the molecule is CO.O=S(=O)(O)O.O=S(Cl)Cl. The topological polar surface area (TPSA) is 112 Å². The fourth-order valence-electron chi connectivity index (χ4n) is 0. The molecular weight excluding hydrogens is 243 g/mol. The van der Waals surface area contributed by atoms with E-state index < -0.39 is 19.6 Å². The lowest BCUT2D eigenvalue weighted by Crippen LogP contribution is -1.89. The van der Waals surface area contributed by atoms with Gasteiger partial charge < -0.3 is 5.11 Å². The highest BCUT2D eigenvalue weighted by Gasteiger charge is 1.84. The van der Waals surface area contributed by atoms with Gasteiger partial charge in [-0.2, -0.15) is 8.42 Å². The smallest absolute Gasteiger partial charge is 0.394 e. The minimum absolute atomic E-state index is 1.00. The Labute approximate surface area is 75.2 Å². The molecule has 10 heteroatoms. The molecule has 0 radical (unpaired) electrons. The highest BCUT2D eigenvalue weighted by Crippen LogP contribution is 1.89. The lowest BCUT2D eigenvalue weighted by molar-refractivity contribution is 0.381. The van der Waals surface area contributed by atoms with Crippen LogP contribution >= 0.6 is 21.4 Å². The van der Waals surface area contributed by atoms with E-state index in [1.807, 2.05) is 0 Å². The van der Waals surface area contributed by atoms with Crippen LogP contribution < -0.4 is 0 Å². The Morgan fingerprint density at radius 1 is 1.18 bits per heavy atom. The highest BCUT2D eigenvalue weighted by molar-refractivity contribution is 8.26. The van der Waals surface area contributed by atoms with Crippen molar-refractivity contribution < 1.29 is 26.8 Å². The maximum atomic E-state index is 9.09. The monoisotopic (exact) mass is 248 g/mol. The third-order valence-corrected chi connectivity index (χ3v) is 0. The van der Waals surface area contributed by atoms with Crippen LogP contribution in [-0.4, -0.2) is 33.9 Å². The van der Waals surface area contributed by atoms with Gasteiger partial charge in [0.2, 0.25) is 9.23 Å². The predicted molar refractivity (Wildman–Crippen MR) is 42.2 cm³/mol. The average molecular weight is 249 g/mol. The molecule has 0 aliphatic carbocycles. The first kappa shape index (κ1) is 17.6. The number of aliphatic hydroxyl groups excluding tert-OH is 1. The largest absolute Gasteiger partial charge is 0.400 e. The van der Waals surface area contributed by atoms with Crippen molar-refractivity contribution in [1.82, 2.24) is 0 Å². The number of aliphatic hydroxyl groups is 1. The molecule has 0 unspecified atom stereocenters. The van der Waals surface area contributed by atoms with E-state index in [0.717, 1.165) is 7.11 Å². The van der Waals surface area contributed by atoms with Crippen LogP contribution in [0.1, 0.15) is 0 Å². The van der Waals surface area contributed by atoms with Crippen LogP contribution in [-0.2, 0) is 19.6 Å². The van der Waals surface area contributed by atoms with Crippen molar-refractivity contribution in [2.75, 3.05) is 7.11 Å². The third kappa shape index (κ3) is 2470. The van der Waals surface area contributed by atoms with E-state index in [-0.39, 0.29) is 0 Å². The summed E-state index contributed by atoms with van der Waals surface area (Å²) in [5.41, 5.74) is 0. The summed E-state index contributed by atoms with van der Waals surface area (Å²) < 4.78 is 40.7. The lowest BCUT2D eigenvalue weighted by atomic mass is 11.8. The molecule has 0 saturated carbocycles. The van der Waals surface area contributed by atoms with Crippen LogP contribution in [0.5, 0.6) is 0 Å². The maximum absolute atomic E-state index is 9.09. The first-order chi connectivity index (χ1) is 4.73. The predicted octanol–water partition coefficient (Wildman–Crippen LogP) is -0.00160. The molecule has 11 heavy (non-hydrogen) atoms. The summed E-state index contributed by atoms with van der Waals surface area (Å²) in [5.74, 6) is 0. The van der Waals surface area contributed by atoms with Crippen molar-refractivity contribution in [1.29, 1.82) is 0 Å². The van der Waals surface area contributed by atoms with Crippen LogP contribution in [0.2, 0.25) is 0 Å². The molecule has 0 aliphatic heterocycles. The standard InChI is InChI=1S/CH4O.Cl2OS.H2O4S/c1-2;1-4(2)3;1-5(2,3)4/h2H,1H3;;(H2,1,2,3,4). The van der Waals surface area contributed by atoms with Gasteiger partial charge in [-0.25, -0.2) is 4.21 Å². The molecule has 0 atom stereocenters. The van der Waals surface area contributed by atoms with Crippen molar-refractivity contribution in [3.05, 3.63) is 0 Å². The third-order valence-electron chi connectivity index (χ3n) is 0. The zero-order chi connectivity index (χ0) is 10.1. The number of halogens is 2. The Hall–Kier alpha value is 0.560. The first-order valence-electron chi connectivity index (χ1n) is 1.62. The molecule has 0 rings (SSSR count). The van der Waals surface area contributed by atoms with Gasteiger partial charge in [0.15, 0.2) is 0 Å². The zero-order valence-electron chi connectivity index (χ0n) is 5.14. The van der Waals surface area contributed by atoms with Gasteiger partial charge >= 0.3 is 10.4 Å². The second kappa shape index (κ2) is 10.6. The molecule has 0 aromatic carbocycles. The number of rotatable bonds is 0. The van der Waals surface area contributed by atoms with Crippen molar-refractivity contribution in [3.63, 3.8) is 0 Å². The molecular formula is CH6Cl2O6S2. The van der Waals surface area contributed by atoms with E-state index in [1.54, 1.807) is 0 Å². The Morgan fingerprint density at radius 2 is 1.18 bits per heavy atom. The van der Waals surface area contributed by atoms with Gasteiger partial charge in [-0.3, -0.25) is 9.11 Å². The molecule has 0 bridgehead atoms. The van der Waals surface area contributed by atoms with Gasteiger partial charge in [0.05, 0.1) is 0 Å². The molecule has 0 saturated heterocycles. The summed E-state index contributed by atoms with van der Waals surface area (Å²) in [5, 5.41) is 7.00. The minimum atomic E-state index is -4.67. The van der Waals surface area contributed by atoms with Crippen LogP contribution in [0.3, 0.4) is 0 Å². The first-order valence-corrected chi connectivity index (χ1v) is 5.82. The zero-order valence-corrected chi connectivity index (χ0v) is 8.28. The van der Waals surface area contributed by atoms with Gasteiger partial charge in [-0.1, -0.05) is 0 Å². The summed E-state index contributed by atoms with van der Waals surface area (Å²) >= 11 is 0. The van der Waals surface area contributed by atoms with Crippen LogP contribution in [0.25, 0.3) is 0 Å². The quantitative estimate of drug-likeness (QED) is 0.411. The van der Waals surface area contributed by atoms with E-state index in [0.29, 0.717) is 0 Å². The van der Waals surface area contributed by atoms with E-state index in [9.17, 15) is 0 Å². The average Bonchev–Trinajstić information content (AvgIpc) is 1.63. The summed E-state index contributed by atoms with van der Waals surface area (Å²) in [4.78, 5) is 0. The van der Waals surface area contributed by atoms with Crippen molar-refractivity contribution in [3.8, 4) is 0 Å². The molecule has 0 amide bonds. The van der Waals surface area contributed by atoms with E-state index in [4.69, 9.17) is 26.8 Å². The Morgan fingerprint density at radius 3 is 1.18 bits per heavy atom. The normalized spacial score (nSPS) is 9.00. The van der Waals surface area contributed by atoms with Crippen LogP contribution in [0.4, 0.5) is 0 Å². The maximum Gasteiger partial charge on any atom is 0.394 e. The van der Waals surface area contributed by atoms with E-state index >= 15 is 0 Å². The number of hydrogen-bond donors (Lipinski definition) is 3. The molecule has 0 aliphatic rings. The van der Waals surface area contributed by atoms with Crippen LogP contribution in [0, 0.1) is 0 Å².